The van der Waals surface area contributed by atoms with E-state index in [0.717, 1.165) is 19.1 Å². The van der Waals surface area contributed by atoms with Crippen LogP contribution in [0.5, 0.6) is 0 Å². The van der Waals surface area contributed by atoms with Crippen molar-refractivity contribution < 1.29 is 4.74 Å². The maximum Gasteiger partial charge on any atom is 0.203 e. The van der Waals surface area contributed by atoms with E-state index in [0.29, 0.717) is 12.1 Å². The van der Waals surface area contributed by atoms with Crippen LogP contribution in [0, 0.1) is 0 Å². The smallest absolute Gasteiger partial charge is 0.203 e. The fraction of sp³-hybridized carbons (Fsp3) is 0.769. The topological polar surface area (TPSA) is 39.1 Å². The second kappa shape index (κ2) is 6.05. The second-order valence-corrected chi connectivity index (χ2v) is 5.02. The Kier molecular flexibility index (Phi) is 4.42. The van der Waals surface area contributed by atoms with Crippen LogP contribution in [0.3, 0.4) is 0 Å². The number of anilines is 1. The van der Waals surface area contributed by atoms with Gasteiger partial charge in [-0.15, -0.1) is 0 Å². The van der Waals surface area contributed by atoms with Gasteiger partial charge in [0.1, 0.15) is 0 Å². The summed E-state index contributed by atoms with van der Waals surface area (Å²) >= 11 is 0. The normalized spacial score (nSPS) is 16.9. The van der Waals surface area contributed by atoms with E-state index in [1.54, 1.807) is 0 Å². The second-order valence-electron chi connectivity index (χ2n) is 5.02. The fourth-order valence-corrected chi connectivity index (χ4v) is 2.26. The van der Waals surface area contributed by atoms with Gasteiger partial charge in [-0.05, 0) is 26.7 Å². The van der Waals surface area contributed by atoms with Crippen LogP contribution < -0.4 is 5.32 Å². The largest absolute Gasteiger partial charge is 0.376 e. The van der Waals surface area contributed by atoms with E-state index in [9.17, 15) is 0 Å². The number of aromatic nitrogens is 2. The molecule has 4 nitrogen and oxygen atoms in total. The summed E-state index contributed by atoms with van der Waals surface area (Å²) in [5, 5.41) is 3.33. The number of rotatable bonds is 6. The third kappa shape index (κ3) is 3.73. The van der Waals surface area contributed by atoms with Crippen LogP contribution in [-0.2, 0) is 11.3 Å². The summed E-state index contributed by atoms with van der Waals surface area (Å²) in [4.78, 5) is 4.30. The molecule has 1 aliphatic carbocycles. The van der Waals surface area contributed by atoms with Gasteiger partial charge in [-0.1, -0.05) is 12.8 Å². The molecule has 1 aliphatic rings. The fourth-order valence-electron chi connectivity index (χ4n) is 2.26. The lowest BCUT2D eigenvalue weighted by atomic mass is 10.3. The molecule has 0 unspecified atom stereocenters. The Balaban J connectivity index is 1.75. The zero-order valence-corrected chi connectivity index (χ0v) is 10.9. The van der Waals surface area contributed by atoms with Gasteiger partial charge in [0.2, 0.25) is 5.95 Å². The van der Waals surface area contributed by atoms with Crippen molar-refractivity contribution >= 4 is 5.95 Å². The predicted molar refractivity (Wildman–Crippen MR) is 69.2 cm³/mol. The van der Waals surface area contributed by atoms with E-state index in [-0.39, 0.29) is 0 Å². The first-order valence-electron chi connectivity index (χ1n) is 6.65. The molecule has 1 aromatic heterocycles. The Bertz CT molecular complexity index is 329. The molecule has 4 heteroatoms. The summed E-state index contributed by atoms with van der Waals surface area (Å²) < 4.78 is 7.98. The minimum atomic E-state index is 0.409. The van der Waals surface area contributed by atoms with Crippen molar-refractivity contribution in [1.29, 1.82) is 0 Å². The molecule has 1 fully saturated rings. The number of nitrogens with one attached hydrogen (secondary N) is 1. The molecule has 17 heavy (non-hydrogen) atoms. The quantitative estimate of drug-likeness (QED) is 0.826. The first kappa shape index (κ1) is 12.4. The summed E-state index contributed by atoms with van der Waals surface area (Å²) in [6, 6.07) is 0.409. The minimum Gasteiger partial charge on any atom is -0.376 e. The summed E-state index contributed by atoms with van der Waals surface area (Å²) in [5.74, 6) is 0.940. The van der Waals surface area contributed by atoms with Gasteiger partial charge in [0, 0.05) is 25.0 Å². The van der Waals surface area contributed by atoms with Crippen molar-refractivity contribution in [2.75, 3.05) is 11.9 Å². The van der Waals surface area contributed by atoms with Gasteiger partial charge in [-0.3, -0.25) is 0 Å². The molecule has 0 atom stereocenters. The van der Waals surface area contributed by atoms with Gasteiger partial charge in [0.05, 0.1) is 12.7 Å². The van der Waals surface area contributed by atoms with Gasteiger partial charge in [0.25, 0.3) is 0 Å². The van der Waals surface area contributed by atoms with Crippen molar-refractivity contribution in [3.05, 3.63) is 12.4 Å². The molecule has 1 heterocycles. The maximum atomic E-state index is 5.86. The third-order valence-electron chi connectivity index (χ3n) is 3.12. The molecular weight excluding hydrogens is 214 g/mol. The summed E-state index contributed by atoms with van der Waals surface area (Å²) in [5.41, 5.74) is 0. The number of imidazole rings is 1. The molecule has 0 saturated heterocycles. The lowest BCUT2D eigenvalue weighted by molar-refractivity contribution is 0.0532. The van der Waals surface area contributed by atoms with Gasteiger partial charge < -0.3 is 14.6 Å². The van der Waals surface area contributed by atoms with E-state index in [4.69, 9.17) is 4.74 Å². The molecule has 1 saturated carbocycles. The number of ether oxygens (including phenoxy) is 1. The standard InChI is InChI=1S/C13H23N3O/c1-11(2)15-13-14-7-8-16(13)9-10-17-12-5-3-4-6-12/h7-8,11-12H,3-6,9-10H2,1-2H3,(H,14,15). The van der Waals surface area contributed by atoms with Crippen molar-refractivity contribution in [3.8, 4) is 0 Å². The lowest BCUT2D eigenvalue weighted by Crippen LogP contribution is -2.17. The molecule has 0 bridgehead atoms. The van der Waals surface area contributed by atoms with Crippen LogP contribution >= 0.6 is 0 Å². The number of hydrogen-bond acceptors (Lipinski definition) is 3. The van der Waals surface area contributed by atoms with Gasteiger partial charge in [-0.2, -0.15) is 0 Å². The van der Waals surface area contributed by atoms with Gasteiger partial charge >= 0.3 is 0 Å². The summed E-state index contributed by atoms with van der Waals surface area (Å²) in [7, 11) is 0. The Labute approximate surface area is 103 Å². The molecule has 0 aromatic carbocycles. The number of hydrogen-bond donors (Lipinski definition) is 1. The van der Waals surface area contributed by atoms with Crippen molar-refractivity contribution in [2.24, 2.45) is 0 Å². The molecule has 0 radical (unpaired) electrons. The highest BCUT2D eigenvalue weighted by molar-refractivity contribution is 5.26. The van der Waals surface area contributed by atoms with Crippen LogP contribution in [-0.4, -0.2) is 28.3 Å². The highest BCUT2D eigenvalue weighted by Crippen LogP contribution is 2.20. The van der Waals surface area contributed by atoms with Crippen LogP contribution in [0.4, 0.5) is 5.95 Å². The third-order valence-corrected chi connectivity index (χ3v) is 3.12. The molecular formula is C13H23N3O. The minimum absolute atomic E-state index is 0.409. The predicted octanol–water partition coefficient (Wildman–Crippen LogP) is 2.66. The van der Waals surface area contributed by atoms with E-state index in [2.05, 4.69) is 28.7 Å². The van der Waals surface area contributed by atoms with Crippen molar-refractivity contribution in [1.82, 2.24) is 9.55 Å². The van der Waals surface area contributed by atoms with E-state index in [1.807, 2.05) is 12.4 Å². The molecule has 1 aromatic rings. The highest BCUT2D eigenvalue weighted by atomic mass is 16.5. The van der Waals surface area contributed by atoms with E-state index >= 15 is 0 Å². The molecule has 0 spiro atoms. The van der Waals surface area contributed by atoms with E-state index in [1.165, 1.54) is 25.7 Å². The Morgan fingerprint density at radius 1 is 1.47 bits per heavy atom. The zero-order chi connectivity index (χ0) is 12.1. The summed E-state index contributed by atoms with van der Waals surface area (Å²) in [6.45, 7) is 5.90. The van der Waals surface area contributed by atoms with Crippen molar-refractivity contribution in [2.45, 2.75) is 58.2 Å². The monoisotopic (exact) mass is 237 g/mol. The summed E-state index contributed by atoms with van der Waals surface area (Å²) in [6.07, 6.45) is 9.47. The van der Waals surface area contributed by atoms with Crippen LogP contribution in [0.15, 0.2) is 12.4 Å². The maximum absolute atomic E-state index is 5.86. The SMILES string of the molecule is CC(C)Nc1nccn1CCOC1CCCC1. The van der Waals surface area contributed by atoms with Crippen LogP contribution in [0.1, 0.15) is 39.5 Å². The molecule has 0 aliphatic heterocycles. The van der Waals surface area contributed by atoms with Crippen LogP contribution in [0.25, 0.3) is 0 Å². The van der Waals surface area contributed by atoms with Crippen LogP contribution in [0.2, 0.25) is 0 Å². The van der Waals surface area contributed by atoms with Crippen molar-refractivity contribution in [3.63, 3.8) is 0 Å². The first-order chi connectivity index (χ1) is 8.25. The molecule has 0 amide bonds. The van der Waals surface area contributed by atoms with E-state index < -0.39 is 0 Å². The zero-order valence-electron chi connectivity index (χ0n) is 10.9. The Morgan fingerprint density at radius 3 is 2.94 bits per heavy atom. The van der Waals surface area contributed by atoms with Gasteiger partial charge in [0.15, 0.2) is 0 Å². The first-order valence-corrected chi connectivity index (χ1v) is 6.65. The van der Waals surface area contributed by atoms with Gasteiger partial charge in [-0.25, -0.2) is 4.98 Å². The molecule has 2 rings (SSSR count). The highest BCUT2D eigenvalue weighted by Gasteiger charge is 2.15. The Hall–Kier alpha value is -1.03. The molecule has 96 valence electrons. The lowest BCUT2D eigenvalue weighted by Gasteiger charge is -2.14. The number of nitrogens with zero attached hydrogens (tertiary/aromatic N) is 2. The molecule has 1 N–H and O–H groups in total. The Morgan fingerprint density at radius 2 is 2.24 bits per heavy atom. The average Bonchev–Trinajstić information content (AvgIpc) is 2.90. The average molecular weight is 237 g/mol.